The number of carbonyl (C=O) groups is 1. The molecule has 102 valence electrons. The number of nitrogens with one attached hydrogen (secondary N) is 1. The van der Waals surface area contributed by atoms with Gasteiger partial charge in [0.25, 0.3) is 0 Å². The van der Waals surface area contributed by atoms with Gasteiger partial charge in [-0.15, -0.1) is 0 Å². The fraction of sp³-hybridized carbons (Fsp3) is 0.833. The normalized spacial score (nSPS) is 21.0. The van der Waals surface area contributed by atoms with Gasteiger partial charge in [0.1, 0.15) is 5.84 Å². The Morgan fingerprint density at radius 3 is 2.50 bits per heavy atom. The van der Waals surface area contributed by atoms with Gasteiger partial charge in [0.2, 0.25) is 0 Å². The summed E-state index contributed by atoms with van der Waals surface area (Å²) in [5.74, 6) is 0.0588. The topological polar surface area (TPSA) is 82.7 Å². The van der Waals surface area contributed by atoms with Crippen LogP contribution in [0.5, 0.6) is 0 Å². The average molecular weight is 254 g/mol. The van der Waals surface area contributed by atoms with Crippen molar-refractivity contribution < 1.29 is 9.53 Å². The summed E-state index contributed by atoms with van der Waals surface area (Å²) in [4.78, 5) is 16.1. The van der Waals surface area contributed by atoms with Crippen LogP contribution < -0.4 is 5.73 Å². The van der Waals surface area contributed by atoms with Gasteiger partial charge in [-0.3, -0.25) is 5.41 Å². The molecule has 0 atom stereocenters. The van der Waals surface area contributed by atoms with E-state index in [1.165, 1.54) is 0 Å². The Kier molecular flexibility index (Phi) is 4.41. The molecule has 2 fully saturated rings. The number of rotatable bonds is 3. The smallest absolute Gasteiger partial charge is 0.320 e. The molecule has 0 aromatic rings. The van der Waals surface area contributed by atoms with E-state index in [0.717, 1.165) is 25.7 Å². The van der Waals surface area contributed by atoms with E-state index in [4.69, 9.17) is 15.9 Å². The Hall–Kier alpha value is -1.30. The predicted octanol–water partition coefficient (Wildman–Crippen LogP) is 0.619. The van der Waals surface area contributed by atoms with Gasteiger partial charge in [0.15, 0.2) is 0 Å². The minimum absolute atomic E-state index is 0.0143. The number of hydrogen-bond donors (Lipinski definition) is 2. The van der Waals surface area contributed by atoms with Crippen LogP contribution in [0.25, 0.3) is 0 Å². The molecule has 2 rings (SSSR count). The number of urea groups is 1. The molecule has 0 spiro atoms. The van der Waals surface area contributed by atoms with Crippen molar-refractivity contribution in [2.75, 3.05) is 32.8 Å². The average Bonchev–Trinajstić information content (AvgIpc) is 2.89. The number of amides is 2. The van der Waals surface area contributed by atoms with Crippen LogP contribution in [-0.2, 0) is 4.74 Å². The van der Waals surface area contributed by atoms with E-state index >= 15 is 0 Å². The highest BCUT2D eigenvalue weighted by molar-refractivity contribution is 5.85. The van der Waals surface area contributed by atoms with E-state index < -0.39 is 0 Å². The third kappa shape index (κ3) is 3.13. The van der Waals surface area contributed by atoms with Crippen molar-refractivity contribution in [1.82, 2.24) is 9.80 Å². The standard InChI is InChI=1S/C12H22N4O2/c13-11(14)9-16(10-3-1-2-4-10)12(17)15-5-7-18-8-6-15/h10H,1-9H2,(H3,13,14). The van der Waals surface area contributed by atoms with Gasteiger partial charge in [-0.05, 0) is 12.8 Å². The van der Waals surface area contributed by atoms with E-state index in [-0.39, 0.29) is 24.5 Å². The second-order valence-electron chi connectivity index (χ2n) is 4.97. The van der Waals surface area contributed by atoms with Crippen LogP contribution in [-0.4, -0.2) is 60.6 Å². The van der Waals surface area contributed by atoms with Crippen molar-refractivity contribution in [2.24, 2.45) is 5.73 Å². The van der Waals surface area contributed by atoms with E-state index in [1.54, 1.807) is 4.90 Å². The van der Waals surface area contributed by atoms with Crippen LogP contribution in [0.1, 0.15) is 25.7 Å². The first-order valence-corrected chi connectivity index (χ1v) is 6.64. The molecule has 18 heavy (non-hydrogen) atoms. The molecule has 0 aromatic heterocycles. The lowest BCUT2D eigenvalue weighted by Gasteiger charge is -2.35. The lowest BCUT2D eigenvalue weighted by atomic mass is 10.2. The molecule has 1 aliphatic heterocycles. The van der Waals surface area contributed by atoms with Crippen molar-refractivity contribution >= 4 is 11.9 Å². The summed E-state index contributed by atoms with van der Waals surface area (Å²) in [7, 11) is 0. The molecule has 0 aromatic carbocycles. The molecule has 0 bridgehead atoms. The highest BCUT2D eigenvalue weighted by Crippen LogP contribution is 2.24. The Balaban J connectivity index is 2.01. The van der Waals surface area contributed by atoms with Crippen LogP contribution in [0, 0.1) is 5.41 Å². The number of amidine groups is 1. The van der Waals surface area contributed by atoms with Gasteiger partial charge in [0, 0.05) is 19.1 Å². The molecule has 3 N–H and O–H groups in total. The predicted molar refractivity (Wildman–Crippen MR) is 68.7 cm³/mol. The monoisotopic (exact) mass is 254 g/mol. The number of nitrogens with zero attached hydrogens (tertiary/aromatic N) is 2. The molecule has 2 amide bonds. The molecular weight excluding hydrogens is 232 g/mol. The van der Waals surface area contributed by atoms with E-state index in [0.29, 0.717) is 26.3 Å². The van der Waals surface area contributed by atoms with Crippen LogP contribution in [0.3, 0.4) is 0 Å². The number of carbonyl (C=O) groups excluding carboxylic acids is 1. The molecule has 6 nitrogen and oxygen atoms in total. The summed E-state index contributed by atoms with van der Waals surface area (Å²) in [6, 6.07) is 0.268. The number of hydrogen-bond acceptors (Lipinski definition) is 3. The fourth-order valence-corrected chi connectivity index (χ4v) is 2.69. The van der Waals surface area contributed by atoms with Crippen molar-refractivity contribution in [1.29, 1.82) is 5.41 Å². The highest BCUT2D eigenvalue weighted by Gasteiger charge is 2.30. The van der Waals surface area contributed by atoms with E-state index in [9.17, 15) is 4.79 Å². The number of nitrogens with two attached hydrogens (primary N) is 1. The molecule has 0 unspecified atom stereocenters. The first-order chi connectivity index (χ1) is 8.68. The van der Waals surface area contributed by atoms with Crippen molar-refractivity contribution in [3.8, 4) is 0 Å². The molecular formula is C12H22N4O2. The van der Waals surface area contributed by atoms with Crippen LogP contribution in [0.15, 0.2) is 0 Å². The summed E-state index contributed by atoms with van der Waals surface area (Å²) in [6.45, 7) is 2.73. The number of ether oxygens (including phenoxy) is 1. The van der Waals surface area contributed by atoms with Gasteiger partial charge in [-0.25, -0.2) is 4.79 Å². The van der Waals surface area contributed by atoms with Gasteiger partial charge in [-0.1, -0.05) is 12.8 Å². The summed E-state index contributed by atoms with van der Waals surface area (Å²) < 4.78 is 5.26. The quantitative estimate of drug-likeness (QED) is 0.572. The summed E-state index contributed by atoms with van der Waals surface area (Å²) >= 11 is 0. The lowest BCUT2D eigenvalue weighted by molar-refractivity contribution is 0.0410. The summed E-state index contributed by atoms with van der Waals surface area (Å²) in [6.07, 6.45) is 4.39. The molecule has 0 radical (unpaired) electrons. The number of morpholine rings is 1. The third-order valence-electron chi connectivity index (χ3n) is 3.63. The largest absolute Gasteiger partial charge is 0.386 e. The van der Waals surface area contributed by atoms with E-state index in [2.05, 4.69) is 0 Å². The molecule has 1 saturated carbocycles. The first-order valence-electron chi connectivity index (χ1n) is 6.64. The van der Waals surface area contributed by atoms with Crippen LogP contribution in [0.2, 0.25) is 0 Å². The zero-order valence-electron chi connectivity index (χ0n) is 10.7. The Morgan fingerprint density at radius 1 is 1.33 bits per heavy atom. The van der Waals surface area contributed by atoms with Gasteiger partial charge in [0.05, 0.1) is 19.8 Å². The fourth-order valence-electron chi connectivity index (χ4n) is 2.69. The van der Waals surface area contributed by atoms with Gasteiger partial charge >= 0.3 is 6.03 Å². The minimum atomic E-state index is 0.0143. The maximum absolute atomic E-state index is 12.5. The molecule has 2 aliphatic rings. The third-order valence-corrected chi connectivity index (χ3v) is 3.63. The Labute approximate surface area is 108 Å². The maximum Gasteiger partial charge on any atom is 0.320 e. The summed E-state index contributed by atoms with van der Waals surface area (Å²) in [5, 5.41) is 7.44. The van der Waals surface area contributed by atoms with Crippen molar-refractivity contribution in [3.63, 3.8) is 0 Å². The summed E-state index contributed by atoms with van der Waals surface area (Å²) in [5.41, 5.74) is 5.47. The van der Waals surface area contributed by atoms with Crippen molar-refractivity contribution in [2.45, 2.75) is 31.7 Å². The SMILES string of the molecule is N=C(N)CN(C(=O)N1CCOCC1)C1CCCC1. The van der Waals surface area contributed by atoms with Crippen LogP contribution >= 0.6 is 0 Å². The maximum atomic E-state index is 12.5. The first kappa shape index (κ1) is 13.1. The Morgan fingerprint density at radius 2 is 1.94 bits per heavy atom. The second-order valence-corrected chi connectivity index (χ2v) is 4.97. The molecule has 6 heteroatoms. The van der Waals surface area contributed by atoms with Gasteiger partial charge in [-0.2, -0.15) is 0 Å². The zero-order valence-corrected chi connectivity index (χ0v) is 10.7. The molecule has 1 saturated heterocycles. The Bertz CT molecular complexity index is 309. The zero-order chi connectivity index (χ0) is 13.0. The minimum Gasteiger partial charge on any atom is -0.386 e. The second kappa shape index (κ2) is 6.04. The molecule has 1 aliphatic carbocycles. The van der Waals surface area contributed by atoms with E-state index in [1.807, 2.05) is 4.90 Å². The van der Waals surface area contributed by atoms with Crippen molar-refractivity contribution in [3.05, 3.63) is 0 Å². The highest BCUT2D eigenvalue weighted by atomic mass is 16.5. The molecule has 1 heterocycles. The lowest BCUT2D eigenvalue weighted by Crippen LogP contribution is -2.53. The van der Waals surface area contributed by atoms with Crippen LogP contribution in [0.4, 0.5) is 4.79 Å². The van der Waals surface area contributed by atoms with Gasteiger partial charge < -0.3 is 20.3 Å².